The smallest absolute Gasteiger partial charge is 0.342 e. The van der Waals surface area contributed by atoms with Gasteiger partial charge in [-0.3, -0.25) is 0 Å². The van der Waals surface area contributed by atoms with Gasteiger partial charge in [0.15, 0.2) is 11.5 Å². The lowest BCUT2D eigenvalue weighted by atomic mass is 10.1. The first-order valence-corrected chi connectivity index (χ1v) is 10.9. The number of phenolic OH excluding ortho intramolecular Hbond substituents is 2. The van der Waals surface area contributed by atoms with Crippen molar-refractivity contribution in [1.82, 2.24) is 5.32 Å². The second-order valence-electron chi connectivity index (χ2n) is 7.86. The average molecular weight is 440 g/mol. The Labute approximate surface area is 187 Å². The molecule has 2 aliphatic rings. The van der Waals surface area contributed by atoms with Crippen molar-refractivity contribution in [3.63, 3.8) is 0 Å². The number of ether oxygens (including phenoxy) is 2. The number of esters is 1. The molecule has 2 aromatic rings. The number of hydrogen-bond acceptors (Lipinski definition) is 8. The standard InChI is InChI=1S/C24H29N3O5/c1-2-25-18-5-3-4-6-19(18)27-11-9-17(14-27)26-10-12-31-22-15-32-24(30)23(22)16-7-8-20(28)21(29)13-16/h3-8,13,17,25-26,28-29H,2,9-12,14-15H2,1H3/t17-/m1/s1. The third-order valence-electron chi connectivity index (χ3n) is 5.69. The Morgan fingerprint density at radius 3 is 2.84 bits per heavy atom. The molecule has 2 aliphatic heterocycles. The molecule has 0 radical (unpaired) electrons. The quantitative estimate of drug-likeness (QED) is 0.269. The van der Waals surface area contributed by atoms with Crippen LogP contribution in [0.5, 0.6) is 11.5 Å². The Bertz CT molecular complexity index is 1010. The fourth-order valence-corrected chi connectivity index (χ4v) is 4.13. The Kier molecular flexibility index (Phi) is 6.70. The summed E-state index contributed by atoms with van der Waals surface area (Å²) in [5.74, 6) is -0.596. The number of aromatic hydroxyl groups is 2. The van der Waals surface area contributed by atoms with Gasteiger partial charge in [0.05, 0.1) is 11.4 Å². The number of cyclic esters (lactones) is 1. The number of carbonyl (C=O) groups excluding carboxylic acids is 1. The molecule has 0 aliphatic carbocycles. The first-order valence-electron chi connectivity index (χ1n) is 10.9. The van der Waals surface area contributed by atoms with E-state index in [2.05, 4.69) is 40.7 Å². The zero-order chi connectivity index (χ0) is 22.5. The molecular formula is C24H29N3O5. The molecule has 170 valence electrons. The van der Waals surface area contributed by atoms with Crippen LogP contribution in [0.1, 0.15) is 18.9 Å². The van der Waals surface area contributed by atoms with E-state index in [0.29, 0.717) is 30.5 Å². The van der Waals surface area contributed by atoms with Gasteiger partial charge in [-0.2, -0.15) is 0 Å². The van der Waals surface area contributed by atoms with Crippen molar-refractivity contribution in [3.05, 3.63) is 53.8 Å². The molecule has 0 aromatic heterocycles. The molecule has 8 heteroatoms. The van der Waals surface area contributed by atoms with Crippen LogP contribution in [0.15, 0.2) is 48.2 Å². The Morgan fingerprint density at radius 1 is 1.19 bits per heavy atom. The van der Waals surface area contributed by atoms with E-state index in [9.17, 15) is 15.0 Å². The van der Waals surface area contributed by atoms with E-state index in [1.807, 2.05) is 6.07 Å². The van der Waals surface area contributed by atoms with E-state index in [1.54, 1.807) is 6.07 Å². The monoisotopic (exact) mass is 439 g/mol. The van der Waals surface area contributed by atoms with Crippen molar-refractivity contribution in [2.75, 3.05) is 49.6 Å². The first kappa shape index (κ1) is 21.8. The summed E-state index contributed by atoms with van der Waals surface area (Å²) in [4.78, 5) is 14.5. The molecule has 0 saturated carbocycles. The molecule has 0 bridgehead atoms. The SMILES string of the molecule is CCNc1ccccc1N1CC[C@@H](NCCOC2=C(c3ccc(O)c(O)c3)C(=O)OC2)C1. The maximum absolute atomic E-state index is 12.1. The van der Waals surface area contributed by atoms with Crippen LogP contribution in [0.4, 0.5) is 11.4 Å². The number of nitrogens with zero attached hydrogens (tertiary/aromatic N) is 1. The lowest BCUT2D eigenvalue weighted by Gasteiger charge is -2.22. The zero-order valence-electron chi connectivity index (χ0n) is 18.1. The summed E-state index contributed by atoms with van der Waals surface area (Å²) in [5, 5.41) is 26.2. The highest BCUT2D eigenvalue weighted by atomic mass is 16.6. The van der Waals surface area contributed by atoms with Gasteiger partial charge in [0.25, 0.3) is 0 Å². The van der Waals surface area contributed by atoms with E-state index >= 15 is 0 Å². The maximum atomic E-state index is 12.1. The molecule has 0 unspecified atom stereocenters. The number of nitrogens with one attached hydrogen (secondary N) is 2. The fraction of sp³-hybridized carbons (Fsp3) is 0.375. The van der Waals surface area contributed by atoms with Gasteiger partial charge in [0.1, 0.15) is 24.5 Å². The molecule has 0 amide bonds. The van der Waals surface area contributed by atoms with Crippen molar-refractivity contribution in [3.8, 4) is 11.5 Å². The molecular weight excluding hydrogens is 410 g/mol. The summed E-state index contributed by atoms with van der Waals surface area (Å²) in [7, 11) is 0. The van der Waals surface area contributed by atoms with E-state index in [1.165, 1.54) is 17.8 Å². The number of anilines is 2. The number of hydrogen-bond donors (Lipinski definition) is 4. The van der Waals surface area contributed by atoms with Crippen LogP contribution < -0.4 is 15.5 Å². The lowest BCUT2D eigenvalue weighted by molar-refractivity contribution is -0.134. The molecule has 4 N–H and O–H groups in total. The largest absolute Gasteiger partial charge is 0.504 e. The van der Waals surface area contributed by atoms with Gasteiger partial charge in [-0.15, -0.1) is 0 Å². The Balaban J connectivity index is 1.30. The highest BCUT2D eigenvalue weighted by molar-refractivity contribution is 6.19. The number of carbonyl (C=O) groups is 1. The van der Waals surface area contributed by atoms with Crippen LogP contribution in [-0.2, 0) is 14.3 Å². The summed E-state index contributed by atoms with van der Waals surface area (Å²) in [6, 6.07) is 12.9. The summed E-state index contributed by atoms with van der Waals surface area (Å²) in [6.07, 6.45) is 1.04. The normalized spacial score (nSPS) is 18.2. The van der Waals surface area contributed by atoms with Crippen LogP contribution in [0.2, 0.25) is 0 Å². The molecule has 2 heterocycles. The van der Waals surface area contributed by atoms with Crippen molar-refractivity contribution in [2.45, 2.75) is 19.4 Å². The van der Waals surface area contributed by atoms with Gasteiger partial charge in [0, 0.05) is 32.2 Å². The van der Waals surface area contributed by atoms with Crippen LogP contribution in [0.3, 0.4) is 0 Å². The molecule has 2 aromatic carbocycles. The average Bonchev–Trinajstić information content (AvgIpc) is 3.40. The summed E-state index contributed by atoms with van der Waals surface area (Å²) in [5.41, 5.74) is 3.12. The van der Waals surface area contributed by atoms with Crippen LogP contribution in [0.25, 0.3) is 5.57 Å². The third kappa shape index (κ3) is 4.75. The first-order chi connectivity index (χ1) is 15.6. The van der Waals surface area contributed by atoms with Crippen LogP contribution >= 0.6 is 0 Å². The van der Waals surface area contributed by atoms with Crippen molar-refractivity contribution in [2.24, 2.45) is 0 Å². The number of phenols is 2. The number of benzene rings is 2. The second kappa shape index (κ2) is 9.82. The summed E-state index contributed by atoms with van der Waals surface area (Å²) < 4.78 is 10.9. The van der Waals surface area contributed by atoms with E-state index < -0.39 is 5.97 Å². The maximum Gasteiger partial charge on any atom is 0.342 e. The highest BCUT2D eigenvalue weighted by Gasteiger charge is 2.29. The predicted molar refractivity (Wildman–Crippen MR) is 123 cm³/mol. The Morgan fingerprint density at radius 2 is 2.03 bits per heavy atom. The van der Waals surface area contributed by atoms with E-state index in [4.69, 9.17) is 9.47 Å². The van der Waals surface area contributed by atoms with Gasteiger partial charge in [-0.05, 0) is 43.2 Å². The van der Waals surface area contributed by atoms with E-state index in [0.717, 1.165) is 31.7 Å². The fourth-order valence-electron chi connectivity index (χ4n) is 4.13. The van der Waals surface area contributed by atoms with E-state index in [-0.39, 0.29) is 23.7 Å². The van der Waals surface area contributed by atoms with Crippen LogP contribution in [0, 0.1) is 0 Å². The predicted octanol–water partition coefficient (Wildman–Crippen LogP) is 2.68. The minimum atomic E-state index is -0.496. The zero-order valence-corrected chi connectivity index (χ0v) is 18.1. The van der Waals surface area contributed by atoms with Gasteiger partial charge >= 0.3 is 5.97 Å². The number of rotatable bonds is 9. The minimum absolute atomic E-state index is 0.0637. The van der Waals surface area contributed by atoms with Gasteiger partial charge < -0.3 is 35.2 Å². The third-order valence-corrected chi connectivity index (χ3v) is 5.69. The summed E-state index contributed by atoms with van der Waals surface area (Å²) >= 11 is 0. The molecule has 32 heavy (non-hydrogen) atoms. The summed E-state index contributed by atoms with van der Waals surface area (Å²) in [6.45, 7) is 5.99. The molecule has 1 fully saturated rings. The molecule has 8 nitrogen and oxygen atoms in total. The van der Waals surface area contributed by atoms with Crippen LogP contribution in [-0.4, -0.2) is 61.6 Å². The van der Waals surface area contributed by atoms with Crippen molar-refractivity contribution < 1.29 is 24.5 Å². The Hall–Kier alpha value is -3.39. The molecule has 4 rings (SSSR count). The van der Waals surface area contributed by atoms with Gasteiger partial charge in [0.2, 0.25) is 0 Å². The topological polar surface area (TPSA) is 103 Å². The van der Waals surface area contributed by atoms with Gasteiger partial charge in [-0.25, -0.2) is 4.79 Å². The molecule has 1 saturated heterocycles. The van der Waals surface area contributed by atoms with Crippen molar-refractivity contribution >= 4 is 22.9 Å². The highest BCUT2D eigenvalue weighted by Crippen LogP contribution is 2.33. The lowest BCUT2D eigenvalue weighted by Crippen LogP contribution is -2.34. The van der Waals surface area contributed by atoms with Gasteiger partial charge in [-0.1, -0.05) is 18.2 Å². The molecule has 0 spiro atoms. The minimum Gasteiger partial charge on any atom is -0.504 e. The van der Waals surface area contributed by atoms with Crippen molar-refractivity contribution in [1.29, 1.82) is 0 Å². The second-order valence-corrected chi connectivity index (χ2v) is 7.86. The number of para-hydroxylation sites is 2. The molecule has 1 atom stereocenters.